The van der Waals surface area contributed by atoms with Gasteiger partial charge in [-0.15, -0.1) is 0 Å². The second-order valence-corrected chi connectivity index (χ2v) is 6.67. The van der Waals surface area contributed by atoms with Crippen LogP contribution in [-0.2, 0) is 22.6 Å². The number of fused-ring (bicyclic) bond motifs is 1. The molecule has 1 atom stereocenters. The Bertz CT molecular complexity index is 845. The lowest BCUT2D eigenvalue weighted by atomic mass is 9.89. The van der Waals surface area contributed by atoms with Crippen LogP contribution in [0.1, 0.15) is 30.4 Å². The zero-order chi connectivity index (χ0) is 19.1. The minimum Gasteiger partial charge on any atom is -0.337 e. The SMILES string of the molecule is N#CCCN(Cc1cccnc1)C(=O)CCC1Cc2ccccc2NC1=O. The summed E-state index contributed by atoms with van der Waals surface area (Å²) < 4.78 is 0. The lowest BCUT2D eigenvalue weighted by Gasteiger charge is -2.26. The number of anilines is 1. The topological polar surface area (TPSA) is 86.1 Å². The van der Waals surface area contributed by atoms with Crippen molar-refractivity contribution in [1.29, 1.82) is 5.26 Å². The molecule has 27 heavy (non-hydrogen) atoms. The van der Waals surface area contributed by atoms with Crippen molar-refractivity contribution in [2.45, 2.75) is 32.2 Å². The standard InChI is InChI=1S/C21H22N4O2/c22-10-4-12-25(15-16-5-3-11-23-14-16)20(26)9-8-18-13-17-6-1-2-7-19(17)24-21(18)27/h1-3,5-7,11,14,18H,4,8-9,12-13,15H2,(H,24,27). The van der Waals surface area contributed by atoms with Gasteiger partial charge in [-0.05, 0) is 36.1 Å². The van der Waals surface area contributed by atoms with E-state index in [2.05, 4.69) is 16.4 Å². The summed E-state index contributed by atoms with van der Waals surface area (Å²) in [7, 11) is 0. The maximum atomic E-state index is 12.7. The van der Waals surface area contributed by atoms with E-state index in [4.69, 9.17) is 5.26 Å². The Hall–Kier alpha value is -3.20. The van der Waals surface area contributed by atoms with Crippen molar-refractivity contribution in [2.75, 3.05) is 11.9 Å². The van der Waals surface area contributed by atoms with E-state index in [9.17, 15) is 9.59 Å². The largest absolute Gasteiger partial charge is 0.337 e. The number of aromatic nitrogens is 1. The van der Waals surface area contributed by atoms with E-state index >= 15 is 0 Å². The van der Waals surface area contributed by atoms with Crippen molar-refractivity contribution in [3.05, 3.63) is 59.9 Å². The van der Waals surface area contributed by atoms with Gasteiger partial charge < -0.3 is 10.2 Å². The second-order valence-electron chi connectivity index (χ2n) is 6.67. The average molecular weight is 362 g/mol. The smallest absolute Gasteiger partial charge is 0.227 e. The molecule has 0 saturated heterocycles. The molecule has 0 radical (unpaired) electrons. The van der Waals surface area contributed by atoms with Crippen molar-refractivity contribution in [1.82, 2.24) is 9.88 Å². The first kappa shape index (κ1) is 18.6. The van der Waals surface area contributed by atoms with Crippen LogP contribution in [0.5, 0.6) is 0 Å². The Morgan fingerprint density at radius 2 is 2.15 bits per heavy atom. The number of amides is 2. The Morgan fingerprint density at radius 3 is 2.93 bits per heavy atom. The van der Waals surface area contributed by atoms with E-state index < -0.39 is 0 Å². The molecule has 1 N–H and O–H groups in total. The third-order valence-corrected chi connectivity index (χ3v) is 4.76. The Kier molecular flexibility index (Phi) is 6.16. The number of rotatable bonds is 7. The molecule has 1 unspecified atom stereocenters. The van der Waals surface area contributed by atoms with Gasteiger partial charge >= 0.3 is 0 Å². The zero-order valence-corrected chi connectivity index (χ0v) is 15.1. The third kappa shape index (κ3) is 4.91. The molecule has 1 aliphatic heterocycles. The van der Waals surface area contributed by atoms with Crippen LogP contribution in [0.2, 0.25) is 0 Å². The number of carbonyl (C=O) groups excluding carboxylic acids is 2. The third-order valence-electron chi connectivity index (χ3n) is 4.76. The van der Waals surface area contributed by atoms with E-state index in [1.54, 1.807) is 17.3 Å². The molecule has 0 fully saturated rings. The fourth-order valence-corrected chi connectivity index (χ4v) is 3.29. The number of nitriles is 1. The highest BCUT2D eigenvalue weighted by Gasteiger charge is 2.27. The summed E-state index contributed by atoms with van der Waals surface area (Å²) in [6.45, 7) is 0.804. The maximum Gasteiger partial charge on any atom is 0.227 e. The Morgan fingerprint density at radius 1 is 1.30 bits per heavy atom. The average Bonchev–Trinajstić information content (AvgIpc) is 2.70. The summed E-state index contributed by atoms with van der Waals surface area (Å²) in [5, 5.41) is 11.8. The van der Waals surface area contributed by atoms with Gasteiger partial charge in [0.1, 0.15) is 0 Å². The number of nitrogens with zero attached hydrogens (tertiary/aromatic N) is 3. The molecule has 6 heteroatoms. The predicted molar refractivity (Wildman–Crippen MR) is 101 cm³/mol. The van der Waals surface area contributed by atoms with Gasteiger partial charge in [0.05, 0.1) is 12.5 Å². The molecule has 138 valence electrons. The molecule has 2 amide bonds. The second kappa shape index (κ2) is 8.95. The molecule has 2 aromatic rings. The lowest BCUT2D eigenvalue weighted by Crippen LogP contribution is -2.34. The van der Waals surface area contributed by atoms with Crippen LogP contribution in [0.15, 0.2) is 48.8 Å². The summed E-state index contributed by atoms with van der Waals surface area (Å²) in [5.41, 5.74) is 2.89. The number of hydrogen-bond donors (Lipinski definition) is 1. The molecule has 0 saturated carbocycles. The lowest BCUT2D eigenvalue weighted by molar-refractivity contribution is -0.132. The fraction of sp³-hybridized carbons (Fsp3) is 0.333. The predicted octanol–water partition coefficient (Wildman–Crippen LogP) is 2.92. The first-order valence-electron chi connectivity index (χ1n) is 9.10. The molecule has 2 heterocycles. The highest BCUT2D eigenvalue weighted by molar-refractivity contribution is 5.96. The number of para-hydroxylation sites is 1. The zero-order valence-electron chi connectivity index (χ0n) is 15.1. The van der Waals surface area contributed by atoms with Crippen LogP contribution in [0.3, 0.4) is 0 Å². The normalized spacial score (nSPS) is 15.4. The fourth-order valence-electron chi connectivity index (χ4n) is 3.29. The quantitative estimate of drug-likeness (QED) is 0.820. The number of nitrogens with one attached hydrogen (secondary N) is 1. The van der Waals surface area contributed by atoms with Crippen molar-refractivity contribution in [2.24, 2.45) is 5.92 Å². The minimum atomic E-state index is -0.208. The number of pyridine rings is 1. The minimum absolute atomic E-state index is 0.0302. The number of carbonyl (C=O) groups is 2. The van der Waals surface area contributed by atoms with Gasteiger partial charge in [0.25, 0.3) is 0 Å². The number of benzene rings is 1. The summed E-state index contributed by atoms with van der Waals surface area (Å²) in [4.78, 5) is 30.8. The molecule has 3 rings (SSSR count). The van der Waals surface area contributed by atoms with Gasteiger partial charge in [-0.3, -0.25) is 14.6 Å². The van der Waals surface area contributed by atoms with E-state index in [1.165, 1.54) is 0 Å². The summed E-state index contributed by atoms with van der Waals surface area (Å²) in [5.74, 6) is -0.279. The van der Waals surface area contributed by atoms with Crippen molar-refractivity contribution in [3.63, 3.8) is 0 Å². The summed E-state index contributed by atoms with van der Waals surface area (Å²) >= 11 is 0. The van der Waals surface area contributed by atoms with Gasteiger partial charge in [-0.25, -0.2) is 0 Å². The van der Waals surface area contributed by atoms with Crippen molar-refractivity contribution >= 4 is 17.5 Å². The van der Waals surface area contributed by atoms with Gasteiger partial charge in [0.2, 0.25) is 11.8 Å². The monoisotopic (exact) mass is 362 g/mol. The highest BCUT2D eigenvalue weighted by Crippen LogP contribution is 2.27. The van der Waals surface area contributed by atoms with E-state index in [0.29, 0.717) is 25.9 Å². The number of hydrogen-bond acceptors (Lipinski definition) is 4. The maximum absolute atomic E-state index is 12.7. The Labute approximate surface area is 158 Å². The molecule has 0 spiro atoms. The van der Waals surface area contributed by atoms with Gasteiger partial charge in [0, 0.05) is 43.5 Å². The Balaban J connectivity index is 1.60. The molecule has 0 bridgehead atoms. The van der Waals surface area contributed by atoms with E-state index in [0.717, 1.165) is 16.8 Å². The molecule has 0 aliphatic carbocycles. The van der Waals surface area contributed by atoms with Crippen LogP contribution in [0.4, 0.5) is 5.69 Å². The molecular weight excluding hydrogens is 340 g/mol. The first-order valence-corrected chi connectivity index (χ1v) is 9.10. The first-order chi connectivity index (χ1) is 13.2. The van der Waals surface area contributed by atoms with Crippen LogP contribution in [0, 0.1) is 17.2 Å². The van der Waals surface area contributed by atoms with Gasteiger partial charge in [0.15, 0.2) is 0 Å². The molecule has 1 aliphatic rings. The van der Waals surface area contributed by atoms with Gasteiger partial charge in [-0.1, -0.05) is 24.3 Å². The summed E-state index contributed by atoms with van der Waals surface area (Å²) in [6, 6.07) is 13.6. The van der Waals surface area contributed by atoms with Crippen LogP contribution >= 0.6 is 0 Å². The molecule has 6 nitrogen and oxygen atoms in total. The van der Waals surface area contributed by atoms with Crippen LogP contribution in [0.25, 0.3) is 0 Å². The molecular formula is C21H22N4O2. The molecule has 1 aromatic carbocycles. The van der Waals surface area contributed by atoms with E-state index in [1.807, 2.05) is 36.4 Å². The van der Waals surface area contributed by atoms with Gasteiger partial charge in [-0.2, -0.15) is 5.26 Å². The van der Waals surface area contributed by atoms with Crippen molar-refractivity contribution in [3.8, 4) is 6.07 Å². The molecule has 1 aromatic heterocycles. The van der Waals surface area contributed by atoms with Crippen LogP contribution < -0.4 is 5.32 Å². The van der Waals surface area contributed by atoms with Crippen LogP contribution in [-0.4, -0.2) is 28.2 Å². The van der Waals surface area contributed by atoms with E-state index in [-0.39, 0.29) is 30.6 Å². The highest BCUT2D eigenvalue weighted by atomic mass is 16.2. The summed E-state index contributed by atoms with van der Waals surface area (Å²) in [6.07, 6.45) is 5.11. The van der Waals surface area contributed by atoms with Crippen molar-refractivity contribution < 1.29 is 9.59 Å².